The maximum atomic E-state index is 2.74. The van der Waals surface area contributed by atoms with E-state index in [0.717, 1.165) is 25.9 Å². The summed E-state index contributed by atoms with van der Waals surface area (Å²) in [6.07, 6.45) is 32.5. The molecule has 2 nitrogen and oxygen atoms in total. The van der Waals surface area contributed by atoms with Gasteiger partial charge in [0.1, 0.15) is 11.9 Å². The third kappa shape index (κ3) is 15.2. The number of unbranched alkanes of at least 4 members (excludes halogenated alkanes) is 18. The summed E-state index contributed by atoms with van der Waals surface area (Å²) in [6.45, 7) is 9.33. The quantitative estimate of drug-likeness (QED) is 0.0597. The van der Waals surface area contributed by atoms with Gasteiger partial charge in [-0.2, -0.15) is 0 Å². The van der Waals surface area contributed by atoms with Crippen molar-refractivity contribution >= 4 is 0 Å². The lowest BCUT2D eigenvalue weighted by atomic mass is 9.96. The Labute approximate surface area is 279 Å². The summed E-state index contributed by atoms with van der Waals surface area (Å²) in [5, 5.41) is 0. The number of aryl methyl sites for hydroxylation is 1. The van der Waals surface area contributed by atoms with E-state index in [0.29, 0.717) is 5.92 Å². The van der Waals surface area contributed by atoms with Gasteiger partial charge in [0.2, 0.25) is 0 Å². The highest BCUT2D eigenvalue weighted by Gasteiger charge is 2.25. The topological polar surface area (TPSA) is 8.81 Å². The van der Waals surface area contributed by atoms with Crippen molar-refractivity contribution < 1.29 is 4.57 Å². The van der Waals surface area contributed by atoms with Crippen LogP contribution in [-0.2, 0) is 25.9 Å². The molecule has 0 amide bonds. The molecule has 0 radical (unpaired) electrons. The van der Waals surface area contributed by atoms with E-state index in [2.05, 4.69) is 96.8 Å². The molecule has 0 spiro atoms. The van der Waals surface area contributed by atoms with Gasteiger partial charge in [0.05, 0.1) is 19.5 Å². The van der Waals surface area contributed by atoms with Crippen LogP contribution in [0.3, 0.4) is 0 Å². The van der Waals surface area contributed by atoms with E-state index in [9.17, 15) is 0 Å². The highest BCUT2D eigenvalue weighted by Crippen LogP contribution is 2.23. The molecule has 0 aliphatic heterocycles. The van der Waals surface area contributed by atoms with E-state index >= 15 is 0 Å². The summed E-state index contributed by atoms with van der Waals surface area (Å²) >= 11 is 0. The molecule has 3 rings (SSSR count). The van der Waals surface area contributed by atoms with Crippen LogP contribution in [0.4, 0.5) is 0 Å². The molecule has 250 valence electrons. The molecule has 45 heavy (non-hydrogen) atoms. The number of imidazole rings is 1. The van der Waals surface area contributed by atoms with E-state index in [1.54, 1.807) is 0 Å². The van der Waals surface area contributed by atoms with Crippen molar-refractivity contribution in [2.75, 3.05) is 0 Å². The summed E-state index contributed by atoms with van der Waals surface area (Å²) in [6, 6.07) is 22.3. The molecule has 0 saturated carbocycles. The van der Waals surface area contributed by atoms with Gasteiger partial charge in [-0.05, 0) is 42.7 Å². The van der Waals surface area contributed by atoms with Crippen molar-refractivity contribution in [3.63, 3.8) is 0 Å². The van der Waals surface area contributed by atoms with Crippen LogP contribution in [0.25, 0.3) is 0 Å². The standard InChI is InChI=1S/C43H69N2/c1-4-6-8-10-12-13-14-15-16-17-19-21-29-35-45-42(36-39(3)41-32-26-23-27-33-41)38-44(34-28-20-18-11-9-7-5-2)43(45)37-40-30-24-22-25-31-40/h22-27,30-33,38-39H,4-21,28-29,34-37H2,1-3H3/q+1. The maximum Gasteiger partial charge on any atom is 0.261 e. The van der Waals surface area contributed by atoms with Gasteiger partial charge in [-0.15, -0.1) is 0 Å². The molecular weight excluding hydrogens is 544 g/mol. The van der Waals surface area contributed by atoms with Crippen LogP contribution in [-0.4, -0.2) is 4.57 Å². The Balaban J connectivity index is 1.61. The van der Waals surface area contributed by atoms with E-state index in [1.165, 1.54) is 151 Å². The Morgan fingerprint density at radius 2 is 1.02 bits per heavy atom. The molecule has 0 bridgehead atoms. The van der Waals surface area contributed by atoms with E-state index in [1.807, 2.05) is 0 Å². The van der Waals surface area contributed by atoms with E-state index in [4.69, 9.17) is 0 Å². The van der Waals surface area contributed by atoms with Gasteiger partial charge in [0, 0.05) is 6.42 Å². The number of hydrogen-bond donors (Lipinski definition) is 0. The largest absolute Gasteiger partial charge is 0.261 e. The number of nitrogens with zero attached hydrogens (tertiary/aromatic N) is 2. The zero-order chi connectivity index (χ0) is 31.8. The van der Waals surface area contributed by atoms with Crippen LogP contribution in [0, 0.1) is 0 Å². The first-order valence-corrected chi connectivity index (χ1v) is 19.4. The maximum absolute atomic E-state index is 2.74. The van der Waals surface area contributed by atoms with Gasteiger partial charge in [-0.1, -0.05) is 184 Å². The number of hydrogen-bond acceptors (Lipinski definition) is 0. The van der Waals surface area contributed by atoms with Gasteiger partial charge in [0.25, 0.3) is 5.82 Å². The fourth-order valence-corrected chi connectivity index (χ4v) is 6.99. The first kappa shape index (κ1) is 37.1. The molecule has 0 fully saturated rings. The first-order chi connectivity index (χ1) is 22.2. The van der Waals surface area contributed by atoms with Crippen LogP contribution in [0.5, 0.6) is 0 Å². The Bertz CT molecular complexity index is 1100. The average molecular weight is 614 g/mol. The smallest absolute Gasteiger partial charge is 0.234 e. The molecule has 0 saturated heterocycles. The molecule has 2 heteroatoms. The molecule has 2 aromatic carbocycles. The molecule has 1 heterocycles. The van der Waals surface area contributed by atoms with Crippen molar-refractivity contribution in [1.29, 1.82) is 0 Å². The average Bonchev–Trinajstić information content (AvgIpc) is 3.38. The second-order valence-electron chi connectivity index (χ2n) is 13.9. The second-order valence-corrected chi connectivity index (χ2v) is 13.9. The van der Waals surface area contributed by atoms with Crippen molar-refractivity contribution in [3.8, 4) is 0 Å². The molecule has 0 N–H and O–H groups in total. The summed E-state index contributed by atoms with van der Waals surface area (Å²) in [5.41, 5.74) is 4.41. The minimum absolute atomic E-state index is 0.517. The number of aromatic nitrogens is 2. The van der Waals surface area contributed by atoms with Gasteiger partial charge >= 0.3 is 0 Å². The fraction of sp³-hybridized carbons (Fsp3) is 0.651. The lowest BCUT2D eigenvalue weighted by molar-refractivity contribution is -0.704. The molecular formula is C43H69N2+. The second kappa shape index (κ2) is 23.9. The lowest BCUT2D eigenvalue weighted by Crippen LogP contribution is -2.37. The fourth-order valence-electron chi connectivity index (χ4n) is 6.99. The molecule has 1 aromatic heterocycles. The predicted octanol–water partition coefficient (Wildman–Crippen LogP) is 12.6. The molecule has 0 aliphatic carbocycles. The highest BCUT2D eigenvalue weighted by atomic mass is 15.2. The predicted molar refractivity (Wildman–Crippen MR) is 196 cm³/mol. The highest BCUT2D eigenvalue weighted by molar-refractivity contribution is 5.22. The molecule has 0 aliphatic rings. The van der Waals surface area contributed by atoms with E-state index < -0.39 is 0 Å². The summed E-state index contributed by atoms with van der Waals surface area (Å²) < 4.78 is 5.39. The Hall–Kier alpha value is -2.35. The summed E-state index contributed by atoms with van der Waals surface area (Å²) in [4.78, 5) is 0. The molecule has 3 aromatic rings. The van der Waals surface area contributed by atoms with Crippen molar-refractivity contribution in [2.45, 2.75) is 181 Å². The van der Waals surface area contributed by atoms with Crippen LogP contribution >= 0.6 is 0 Å². The first-order valence-electron chi connectivity index (χ1n) is 19.4. The zero-order valence-electron chi connectivity index (χ0n) is 29.8. The third-order valence-corrected chi connectivity index (χ3v) is 9.87. The monoisotopic (exact) mass is 614 g/mol. The summed E-state index contributed by atoms with van der Waals surface area (Å²) in [5.74, 6) is 2.03. The van der Waals surface area contributed by atoms with Gasteiger partial charge < -0.3 is 0 Å². The number of benzene rings is 2. The van der Waals surface area contributed by atoms with Crippen LogP contribution in [0.2, 0.25) is 0 Å². The van der Waals surface area contributed by atoms with Crippen LogP contribution < -0.4 is 4.57 Å². The van der Waals surface area contributed by atoms with E-state index in [-0.39, 0.29) is 0 Å². The molecule has 1 unspecified atom stereocenters. The van der Waals surface area contributed by atoms with Crippen LogP contribution in [0.15, 0.2) is 66.9 Å². The Morgan fingerprint density at radius 3 is 1.56 bits per heavy atom. The Morgan fingerprint density at radius 1 is 0.556 bits per heavy atom. The van der Waals surface area contributed by atoms with Crippen molar-refractivity contribution in [3.05, 3.63) is 89.5 Å². The normalized spacial score (nSPS) is 12.2. The SMILES string of the molecule is CCCCCCCCCCCCCCCn1c(CC(C)c2ccccc2)c[n+](CCCCCCCCC)c1Cc1ccccc1. The Kier molecular flexibility index (Phi) is 19.7. The minimum atomic E-state index is 0.517. The number of rotatable bonds is 27. The van der Waals surface area contributed by atoms with Crippen molar-refractivity contribution in [1.82, 2.24) is 4.57 Å². The van der Waals surface area contributed by atoms with Gasteiger partial charge in [-0.25, -0.2) is 9.13 Å². The molecule has 1 atom stereocenters. The third-order valence-electron chi connectivity index (χ3n) is 9.87. The van der Waals surface area contributed by atoms with Gasteiger partial charge in [-0.3, -0.25) is 0 Å². The van der Waals surface area contributed by atoms with Crippen molar-refractivity contribution in [2.24, 2.45) is 0 Å². The van der Waals surface area contributed by atoms with Crippen LogP contribution in [0.1, 0.15) is 178 Å². The summed E-state index contributed by atoms with van der Waals surface area (Å²) in [7, 11) is 0. The lowest BCUT2D eigenvalue weighted by Gasteiger charge is -2.12. The zero-order valence-corrected chi connectivity index (χ0v) is 29.8. The minimum Gasteiger partial charge on any atom is -0.234 e. The van der Waals surface area contributed by atoms with Gasteiger partial charge in [0.15, 0.2) is 0 Å².